The molecule has 0 spiro atoms. The van der Waals surface area contributed by atoms with Crippen molar-refractivity contribution in [3.63, 3.8) is 0 Å². The standard InChI is InChI=1S/C18H18Cl2N2/c1-3-21-14-6-4-5-12(7-14)16-10-22(2)11-17-15(16)8-13(19)9-18(17)20/h3-9,16H,10-11H2,1-2H3/b21-3+. The Labute approximate surface area is 141 Å². The predicted molar refractivity (Wildman–Crippen MR) is 94.9 cm³/mol. The summed E-state index contributed by atoms with van der Waals surface area (Å²) in [7, 11) is 2.12. The van der Waals surface area contributed by atoms with Gasteiger partial charge in [-0.25, -0.2) is 0 Å². The van der Waals surface area contributed by atoms with Crippen LogP contribution in [0.5, 0.6) is 0 Å². The van der Waals surface area contributed by atoms with Gasteiger partial charge >= 0.3 is 0 Å². The van der Waals surface area contributed by atoms with Crippen molar-refractivity contribution < 1.29 is 0 Å². The van der Waals surface area contributed by atoms with Crippen molar-refractivity contribution in [2.24, 2.45) is 4.99 Å². The Bertz CT molecular complexity index is 725. The quantitative estimate of drug-likeness (QED) is 0.682. The zero-order valence-electron chi connectivity index (χ0n) is 12.7. The van der Waals surface area contributed by atoms with E-state index >= 15 is 0 Å². The monoisotopic (exact) mass is 332 g/mol. The Morgan fingerprint density at radius 2 is 2.05 bits per heavy atom. The van der Waals surface area contributed by atoms with Crippen LogP contribution in [-0.4, -0.2) is 24.7 Å². The number of likely N-dealkylation sites (N-methyl/N-ethyl adjacent to an activating group) is 1. The second kappa shape index (κ2) is 6.41. The highest BCUT2D eigenvalue weighted by atomic mass is 35.5. The molecular formula is C18H18Cl2N2. The first-order valence-corrected chi connectivity index (χ1v) is 8.09. The molecule has 1 unspecified atom stereocenters. The average molecular weight is 333 g/mol. The number of nitrogens with zero attached hydrogens (tertiary/aromatic N) is 2. The molecule has 1 aliphatic rings. The minimum atomic E-state index is 0.261. The van der Waals surface area contributed by atoms with E-state index in [0.717, 1.165) is 23.8 Å². The molecule has 0 bridgehead atoms. The van der Waals surface area contributed by atoms with Gasteiger partial charge < -0.3 is 4.90 Å². The van der Waals surface area contributed by atoms with E-state index in [9.17, 15) is 0 Å². The molecule has 2 aromatic rings. The summed E-state index contributed by atoms with van der Waals surface area (Å²) in [6, 6.07) is 12.2. The molecule has 2 aromatic carbocycles. The normalized spacial score (nSPS) is 18.6. The topological polar surface area (TPSA) is 15.6 Å². The maximum Gasteiger partial charge on any atom is 0.0628 e. The van der Waals surface area contributed by atoms with Gasteiger partial charge in [-0.15, -0.1) is 0 Å². The minimum absolute atomic E-state index is 0.261. The van der Waals surface area contributed by atoms with E-state index < -0.39 is 0 Å². The van der Waals surface area contributed by atoms with E-state index in [1.165, 1.54) is 16.7 Å². The summed E-state index contributed by atoms with van der Waals surface area (Å²) < 4.78 is 0. The van der Waals surface area contributed by atoms with Gasteiger partial charge in [0.15, 0.2) is 0 Å². The first-order chi connectivity index (χ1) is 10.6. The molecule has 0 fully saturated rings. The molecule has 0 aliphatic carbocycles. The Hall–Kier alpha value is -1.35. The molecule has 0 amide bonds. The van der Waals surface area contributed by atoms with Crippen LogP contribution in [0.25, 0.3) is 0 Å². The molecule has 4 heteroatoms. The van der Waals surface area contributed by atoms with Gasteiger partial charge in [-0.05, 0) is 54.9 Å². The molecule has 2 nitrogen and oxygen atoms in total. The van der Waals surface area contributed by atoms with Crippen molar-refractivity contribution in [1.82, 2.24) is 4.90 Å². The van der Waals surface area contributed by atoms with Crippen molar-refractivity contribution in [1.29, 1.82) is 0 Å². The lowest BCUT2D eigenvalue weighted by Crippen LogP contribution is -2.31. The number of aliphatic imine (C=N–C) groups is 1. The van der Waals surface area contributed by atoms with Gasteiger partial charge in [0.2, 0.25) is 0 Å². The van der Waals surface area contributed by atoms with Crippen LogP contribution >= 0.6 is 23.2 Å². The summed E-state index contributed by atoms with van der Waals surface area (Å²) in [5.41, 5.74) is 4.62. The van der Waals surface area contributed by atoms with Gasteiger partial charge in [-0.3, -0.25) is 4.99 Å². The average Bonchev–Trinajstić information content (AvgIpc) is 2.48. The second-order valence-corrected chi connectivity index (χ2v) is 6.53. The van der Waals surface area contributed by atoms with E-state index in [1.54, 1.807) is 0 Å². The molecule has 0 aromatic heterocycles. The van der Waals surface area contributed by atoms with Gasteiger partial charge in [0, 0.05) is 35.3 Å². The number of fused-ring (bicyclic) bond motifs is 1. The second-order valence-electron chi connectivity index (χ2n) is 5.69. The number of halogens is 2. The molecule has 1 atom stereocenters. The van der Waals surface area contributed by atoms with Gasteiger partial charge in [-0.1, -0.05) is 35.3 Å². The van der Waals surface area contributed by atoms with E-state index in [2.05, 4.69) is 41.2 Å². The molecule has 1 heterocycles. The summed E-state index contributed by atoms with van der Waals surface area (Å²) in [5, 5.41) is 1.45. The van der Waals surface area contributed by atoms with Crippen LogP contribution in [0.2, 0.25) is 10.0 Å². The van der Waals surface area contributed by atoms with Crippen LogP contribution in [0.4, 0.5) is 5.69 Å². The maximum atomic E-state index is 6.41. The number of hydrogen-bond donors (Lipinski definition) is 0. The number of benzene rings is 2. The fourth-order valence-corrected chi connectivity index (χ4v) is 3.67. The van der Waals surface area contributed by atoms with Crippen LogP contribution in [0, 0.1) is 0 Å². The lowest BCUT2D eigenvalue weighted by molar-refractivity contribution is 0.295. The smallest absolute Gasteiger partial charge is 0.0628 e. The summed E-state index contributed by atoms with van der Waals surface area (Å²) in [6.45, 7) is 3.73. The van der Waals surface area contributed by atoms with Gasteiger partial charge in [-0.2, -0.15) is 0 Å². The van der Waals surface area contributed by atoms with E-state index in [0.29, 0.717) is 5.02 Å². The lowest BCUT2D eigenvalue weighted by atomic mass is 9.84. The molecule has 22 heavy (non-hydrogen) atoms. The van der Waals surface area contributed by atoms with E-state index in [1.807, 2.05) is 25.3 Å². The Balaban J connectivity index is 2.11. The van der Waals surface area contributed by atoms with Crippen molar-refractivity contribution >= 4 is 35.1 Å². The lowest BCUT2D eigenvalue weighted by Gasteiger charge is -2.33. The van der Waals surface area contributed by atoms with Crippen LogP contribution < -0.4 is 0 Å². The third-order valence-electron chi connectivity index (χ3n) is 4.04. The van der Waals surface area contributed by atoms with Gasteiger partial charge in [0.1, 0.15) is 0 Å². The van der Waals surface area contributed by atoms with E-state index in [4.69, 9.17) is 23.2 Å². The molecule has 3 rings (SSSR count). The predicted octanol–water partition coefficient (Wildman–Crippen LogP) is 5.29. The highest BCUT2D eigenvalue weighted by Gasteiger charge is 2.27. The first kappa shape index (κ1) is 15.5. The summed E-state index contributed by atoms with van der Waals surface area (Å²) in [6.07, 6.45) is 1.81. The van der Waals surface area contributed by atoms with Gasteiger partial charge in [0.05, 0.1) is 5.69 Å². The molecular weight excluding hydrogens is 315 g/mol. The highest BCUT2D eigenvalue weighted by Crippen LogP contribution is 2.39. The van der Waals surface area contributed by atoms with Crippen molar-refractivity contribution in [3.05, 3.63) is 63.1 Å². The first-order valence-electron chi connectivity index (χ1n) is 7.33. The van der Waals surface area contributed by atoms with E-state index in [-0.39, 0.29) is 5.92 Å². The van der Waals surface area contributed by atoms with Crippen LogP contribution in [0.15, 0.2) is 41.4 Å². The Morgan fingerprint density at radius 3 is 2.82 bits per heavy atom. The minimum Gasteiger partial charge on any atom is -0.301 e. The fourth-order valence-electron chi connectivity index (χ4n) is 3.10. The molecule has 114 valence electrons. The number of rotatable bonds is 2. The molecule has 0 N–H and O–H groups in total. The van der Waals surface area contributed by atoms with Crippen molar-refractivity contribution in [2.75, 3.05) is 13.6 Å². The van der Waals surface area contributed by atoms with Crippen LogP contribution in [0.3, 0.4) is 0 Å². The van der Waals surface area contributed by atoms with Crippen LogP contribution in [0.1, 0.15) is 29.5 Å². The SMILES string of the molecule is C/C=N/c1cccc(C2CN(C)Cc3c(Cl)cc(Cl)cc32)c1. The maximum absolute atomic E-state index is 6.41. The van der Waals surface area contributed by atoms with Crippen molar-refractivity contribution in [2.45, 2.75) is 19.4 Å². The zero-order valence-corrected chi connectivity index (χ0v) is 14.2. The molecule has 0 radical (unpaired) electrons. The Morgan fingerprint density at radius 1 is 1.23 bits per heavy atom. The molecule has 1 aliphatic heterocycles. The molecule has 0 saturated carbocycles. The largest absolute Gasteiger partial charge is 0.301 e. The summed E-state index contributed by atoms with van der Waals surface area (Å²) in [4.78, 5) is 6.68. The molecule has 0 saturated heterocycles. The highest BCUT2D eigenvalue weighted by molar-refractivity contribution is 6.35. The fraction of sp³-hybridized carbons (Fsp3) is 0.278. The van der Waals surface area contributed by atoms with Crippen molar-refractivity contribution in [3.8, 4) is 0 Å². The number of hydrogen-bond acceptors (Lipinski definition) is 2. The summed E-state index contributed by atoms with van der Waals surface area (Å²) in [5.74, 6) is 0.261. The zero-order chi connectivity index (χ0) is 15.7. The summed E-state index contributed by atoms with van der Waals surface area (Å²) >= 11 is 12.6. The Kier molecular flexibility index (Phi) is 4.53. The van der Waals surface area contributed by atoms with Gasteiger partial charge in [0.25, 0.3) is 0 Å². The van der Waals surface area contributed by atoms with Crippen LogP contribution in [-0.2, 0) is 6.54 Å². The third kappa shape index (κ3) is 3.05. The third-order valence-corrected chi connectivity index (χ3v) is 4.60.